The topological polar surface area (TPSA) is 111 Å². The van der Waals surface area contributed by atoms with Gasteiger partial charge in [-0.05, 0) is 25.0 Å². The second-order valence-corrected chi connectivity index (χ2v) is 7.88. The van der Waals surface area contributed by atoms with Crippen LogP contribution in [0.4, 0.5) is 0 Å². The molecule has 0 unspecified atom stereocenters. The predicted octanol–water partition coefficient (Wildman–Crippen LogP) is 1.37. The molecule has 2 amide bonds. The zero-order chi connectivity index (χ0) is 20.1. The molecule has 9 nitrogen and oxygen atoms in total. The number of ether oxygens (including phenoxy) is 1. The van der Waals surface area contributed by atoms with E-state index in [1.807, 2.05) is 0 Å². The molecule has 0 saturated heterocycles. The average molecular weight is 410 g/mol. The van der Waals surface area contributed by atoms with Crippen LogP contribution in [-0.2, 0) is 16.1 Å². The van der Waals surface area contributed by atoms with E-state index in [1.54, 1.807) is 24.3 Å². The fraction of sp³-hybridized carbons (Fsp3) is 0.263. The molecule has 10 heteroatoms. The first kappa shape index (κ1) is 17.7. The second kappa shape index (κ2) is 6.59. The summed E-state index contributed by atoms with van der Waals surface area (Å²) in [4.78, 5) is 54.6. The molecule has 1 aliphatic heterocycles. The van der Waals surface area contributed by atoms with E-state index < -0.39 is 24.3 Å². The molecule has 1 fully saturated rings. The highest BCUT2D eigenvalue weighted by molar-refractivity contribution is 7.16. The van der Waals surface area contributed by atoms with Crippen molar-refractivity contribution in [1.82, 2.24) is 19.5 Å². The maximum absolute atomic E-state index is 12.3. The van der Waals surface area contributed by atoms with Crippen LogP contribution in [-0.4, -0.2) is 43.8 Å². The number of benzene rings is 1. The molecular formula is C19H14N4O5S. The first-order valence-electron chi connectivity index (χ1n) is 9.02. The van der Waals surface area contributed by atoms with Gasteiger partial charge in [0.1, 0.15) is 18.2 Å². The highest BCUT2D eigenvalue weighted by Crippen LogP contribution is 2.41. The monoisotopic (exact) mass is 410 g/mol. The standard InChI is InChI=1S/C19H14N4O5S/c24-14-7-11(20-19-23(14)21-16(29-19)10-5-6-10)9-28-15(25)8-22-17(26)12-3-1-2-4-13(12)18(22)27/h1-4,7,10H,5-6,8-9H2. The molecule has 1 aliphatic carbocycles. The van der Waals surface area contributed by atoms with E-state index in [0.29, 0.717) is 10.9 Å². The molecule has 0 bridgehead atoms. The molecule has 3 aromatic rings. The van der Waals surface area contributed by atoms with Crippen molar-refractivity contribution in [2.24, 2.45) is 0 Å². The van der Waals surface area contributed by atoms with Crippen molar-refractivity contribution in [2.45, 2.75) is 25.4 Å². The fourth-order valence-corrected chi connectivity index (χ4v) is 4.24. The van der Waals surface area contributed by atoms with Crippen molar-refractivity contribution < 1.29 is 19.1 Å². The lowest BCUT2D eigenvalue weighted by Gasteiger charge is -2.12. The zero-order valence-electron chi connectivity index (χ0n) is 15.0. The number of hydrogen-bond acceptors (Lipinski definition) is 8. The largest absolute Gasteiger partial charge is 0.458 e. The number of rotatable bonds is 5. The van der Waals surface area contributed by atoms with Gasteiger partial charge < -0.3 is 4.74 Å². The Kier molecular flexibility index (Phi) is 4.02. The molecule has 29 heavy (non-hydrogen) atoms. The molecule has 1 saturated carbocycles. The number of hydrogen-bond donors (Lipinski definition) is 0. The molecule has 0 atom stereocenters. The lowest BCUT2D eigenvalue weighted by Crippen LogP contribution is -2.35. The normalized spacial score (nSPS) is 15.8. The number of nitrogens with zero attached hydrogens (tertiary/aromatic N) is 4. The summed E-state index contributed by atoms with van der Waals surface area (Å²) < 4.78 is 6.40. The summed E-state index contributed by atoms with van der Waals surface area (Å²) in [6, 6.07) is 7.65. The molecule has 2 aliphatic rings. The van der Waals surface area contributed by atoms with Crippen LogP contribution >= 0.6 is 11.3 Å². The molecule has 0 spiro atoms. The highest BCUT2D eigenvalue weighted by Gasteiger charge is 2.36. The van der Waals surface area contributed by atoms with Crippen LogP contribution in [0.25, 0.3) is 4.96 Å². The molecule has 0 N–H and O–H groups in total. The van der Waals surface area contributed by atoms with Gasteiger partial charge in [-0.3, -0.25) is 24.1 Å². The first-order chi connectivity index (χ1) is 14.0. The number of imide groups is 1. The van der Waals surface area contributed by atoms with Crippen LogP contribution in [0.3, 0.4) is 0 Å². The summed E-state index contributed by atoms with van der Waals surface area (Å²) in [6.45, 7) is -0.732. The Bertz CT molecular complexity index is 1210. The number of esters is 1. The Hall–Kier alpha value is -3.40. The minimum atomic E-state index is -0.760. The minimum absolute atomic E-state index is 0.232. The highest BCUT2D eigenvalue weighted by atomic mass is 32.1. The van der Waals surface area contributed by atoms with Gasteiger partial charge in [0, 0.05) is 12.0 Å². The maximum Gasteiger partial charge on any atom is 0.326 e. The van der Waals surface area contributed by atoms with Crippen LogP contribution in [0, 0.1) is 0 Å². The van der Waals surface area contributed by atoms with Crippen molar-refractivity contribution in [2.75, 3.05) is 6.54 Å². The summed E-state index contributed by atoms with van der Waals surface area (Å²) >= 11 is 1.35. The molecule has 3 heterocycles. The Labute approximate surface area is 167 Å². The van der Waals surface area contributed by atoms with E-state index in [0.717, 1.165) is 22.7 Å². The van der Waals surface area contributed by atoms with Crippen LogP contribution in [0.15, 0.2) is 35.1 Å². The summed E-state index contributed by atoms with van der Waals surface area (Å²) in [7, 11) is 0. The number of amides is 2. The smallest absolute Gasteiger partial charge is 0.326 e. The Morgan fingerprint density at radius 3 is 2.48 bits per heavy atom. The van der Waals surface area contributed by atoms with Crippen molar-refractivity contribution in [3.8, 4) is 0 Å². The van der Waals surface area contributed by atoms with E-state index in [1.165, 1.54) is 21.9 Å². The van der Waals surface area contributed by atoms with Crippen LogP contribution in [0.1, 0.15) is 50.2 Å². The van der Waals surface area contributed by atoms with Crippen molar-refractivity contribution in [1.29, 1.82) is 0 Å². The summed E-state index contributed by atoms with van der Waals surface area (Å²) in [6.07, 6.45) is 2.13. The zero-order valence-corrected chi connectivity index (χ0v) is 15.8. The Balaban J connectivity index is 1.27. The minimum Gasteiger partial charge on any atom is -0.458 e. The van der Waals surface area contributed by atoms with Gasteiger partial charge >= 0.3 is 5.97 Å². The van der Waals surface area contributed by atoms with Gasteiger partial charge in [-0.2, -0.15) is 9.61 Å². The fourth-order valence-electron chi connectivity index (χ4n) is 3.15. The molecule has 1 aromatic carbocycles. The lowest BCUT2D eigenvalue weighted by molar-refractivity contribution is -0.145. The van der Waals surface area contributed by atoms with Gasteiger partial charge in [-0.25, -0.2) is 4.98 Å². The summed E-state index contributed by atoms with van der Waals surface area (Å²) in [5, 5.41) is 5.17. The second-order valence-electron chi connectivity index (χ2n) is 6.90. The van der Waals surface area contributed by atoms with Gasteiger partial charge in [0.25, 0.3) is 17.4 Å². The third-order valence-electron chi connectivity index (χ3n) is 4.79. The van der Waals surface area contributed by atoms with Gasteiger partial charge in [0.15, 0.2) is 0 Å². The van der Waals surface area contributed by atoms with E-state index in [9.17, 15) is 19.2 Å². The number of carbonyl (C=O) groups excluding carboxylic acids is 3. The summed E-state index contributed by atoms with van der Waals surface area (Å²) in [5.74, 6) is -1.42. The van der Waals surface area contributed by atoms with Gasteiger partial charge in [0.05, 0.1) is 16.8 Å². The third-order valence-corrected chi connectivity index (χ3v) is 5.86. The molecule has 0 radical (unpaired) electrons. The molecule has 5 rings (SSSR count). The van der Waals surface area contributed by atoms with Crippen molar-refractivity contribution >= 4 is 34.1 Å². The van der Waals surface area contributed by atoms with Crippen LogP contribution in [0.2, 0.25) is 0 Å². The van der Waals surface area contributed by atoms with Gasteiger partial charge in [0.2, 0.25) is 4.96 Å². The molecule has 146 valence electrons. The Morgan fingerprint density at radius 1 is 1.14 bits per heavy atom. The SMILES string of the molecule is O=C(CN1C(=O)c2ccccc2C1=O)OCc1cc(=O)n2nc(C3CC3)sc2n1. The number of aromatic nitrogens is 3. The molecule has 2 aromatic heterocycles. The van der Waals surface area contributed by atoms with Crippen molar-refractivity contribution in [3.63, 3.8) is 0 Å². The van der Waals surface area contributed by atoms with E-state index >= 15 is 0 Å². The Morgan fingerprint density at radius 2 is 1.83 bits per heavy atom. The predicted molar refractivity (Wildman–Crippen MR) is 101 cm³/mol. The first-order valence-corrected chi connectivity index (χ1v) is 9.83. The lowest BCUT2D eigenvalue weighted by atomic mass is 10.1. The van der Waals surface area contributed by atoms with E-state index in [2.05, 4.69) is 10.1 Å². The maximum atomic E-state index is 12.3. The van der Waals surface area contributed by atoms with Gasteiger partial charge in [-0.15, -0.1) is 0 Å². The average Bonchev–Trinajstić information content (AvgIpc) is 3.43. The number of fused-ring (bicyclic) bond motifs is 2. The van der Waals surface area contributed by atoms with Crippen molar-refractivity contribution in [3.05, 3.63) is 62.5 Å². The number of carbonyl (C=O) groups is 3. The quantitative estimate of drug-likeness (QED) is 0.461. The molecular weight excluding hydrogens is 396 g/mol. The summed E-state index contributed by atoms with van der Waals surface area (Å²) in [5.41, 5.74) is 0.477. The van der Waals surface area contributed by atoms with E-state index in [4.69, 9.17) is 4.74 Å². The van der Waals surface area contributed by atoms with Gasteiger partial charge in [-0.1, -0.05) is 23.5 Å². The van der Waals surface area contributed by atoms with E-state index in [-0.39, 0.29) is 29.0 Å². The van der Waals surface area contributed by atoms with Crippen LogP contribution in [0.5, 0.6) is 0 Å². The van der Waals surface area contributed by atoms with Crippen LogP contribution < -0.4 is 5.56 Å². The third kappa shape index (κ3) is 3.11.